The van der Waals surface area contributed by atoms with Crippen LogP contribution in [0.15, 0.2) is 41.3 Å². The second-order valence-corrected chi connectivity index (χ2v) is 7.10. The van der Waals surface area contributed by atoms with Gasteiger partial charge < -0.3 is 10.1 Å². The van der Waals surface area contributed by atoms with Gasteiger partial charge in [-0.1, -0.05) is 29.8 Å². The number of nitrogens with one attached hydrogen (secondary N) is 1. The summed E-state index contributed by atoms with van der Waals surface area (Å²) in [5, 5.41) is 7.62. The summed E-state index contributed by atoms with van der Waals surface area (Å²) in [6.45, 7) is 7.84. The van der Waals surface area contributed by atoms with E-state index in [1.807, 2.05) is 30.3 Å². The summed E-state index contributed by atoms with van der Waals surface area (Å²) < 4.78 is 7.06. The Hall–Kier alpha value is -1.89. The average Bonchev–Trinajstić information content (AvgIpc) is 2.62. The first kappa shape index (κ1) is 18.9. The molecule has 0 spiro atoms. The molecule has 1 aromatic heterocycles. The van der Waals surface area contributed by atoms with Gasteiger partial charge in [-0.05, 0) is 32.4 Å². The molecule has 2 heterocycles. The summed E-state index contributed by atoms with van der Waals surface area (Å²) in [4.78, 5) is 14.9. The van der Waals surface area contributed by atoms with Gasteiger partial charge in [0.05, 0.1) is 29.8 Å². The number of benzene rings is 1. The van der Waals surface area contributed by atoms with Gasteiger partial charge in [-0.3, -0.25) is 9.69 Å². The van der Waals surface area contributed by atoms with Crippen LogP contribution in [0.5, 0.6) is 0 Å². The summed E-state index contributed by atoms with van der Waals surface area (Å²) >= 11 is 6.25. The normalized spacial score (nSPS) is 20.9. The van der Waals surface area contributed by atoms with Gasteiger partial charge in [0, 0.05) is 26.2 Å². The number of para-hydroxylation sites is 1. The Bertz CT molecular complexity index is 771. The third-order valence-electron chi connectivity index (χ3n) is 4.38. The highest BCUT2D eigenvalue weighted by molar-refractivity contribution is 6.32. The molecule has 0 saturated carbocycles. The molecule has 1 N–H and O–H groups in total. The number of nitrogens with zero attached hydrogens (tertiary/aromatic N) is 3. The molecule has 140 valence electrons. The maximum absolute atomic E-state index is 12.4. The molecule has 1 aromatic carbocycles. The lowest BCUT2D eigenvalue weighted by Gasteiger charge is -2.35. The van der Waals surface area contributed by atoms with Crippen LogP contribution in [0, 0.1) is 0 Å². The Morgan fingerprint density at radius 1 is 1.23 bits per heavy atom. The number of ether oxygens (including phenoxy) is 1. The van der Waals surface area contributed by atoms with Crippen LogP contribution in [0.1, 0.15) is 20.3 Å². The minimum absolute atomic E-state index is 0.164. The topological polar surface area (TPSA) is 59.4 Å². The lowest BCUT2D eigenvalue weighted by molar-refractivity contribution is -0.0678. The fraction of sp³-hybridized carbons (Fsp3) is 0.474. The highest BCUT2D eigenvalue weighted by Crippen LogP contribution is 2.17. The van der Waals surface area contributed by atoms with E-state index >= 15 is 0 Å². The lowest BCUT2D eigenvalue weighted by atomic mass is 10.2. The molecule has 2 atom stereocenters. The molecule has 1 aliphatic heterocycles. The van der Waals surface area contributed by atoms with E-state index in [-0.39, 0.29) is 22.8 Å². The third kappa shape index (κ3) is 4.63. The standard InChI is InChI=1S/C19H25ClN4O2/c1-14-12-23(13-15(2)26-14)10-6-9-21-17-11-22-24(19(25)18(17)20)16-7-4-3-5-8-16/h3-5,7-8,11,14-15,21H,6,9-10,12-13H2,1-2H3/t14-,15-/m1/s1. The van der Waals surface area contributed by atoms with Gasteiger partial charge in [0.25, 0.3) is 5.56 Å². The Morgan fingerprint density at radius 2 is 1.92 bits per heavy atom. The Labute approximate surface area is 158 Å². The highest BCUT2D eigenvalue weighted by atomic mass is 35.5. The van der Waals surface area contributed by atoms with Crippen molar-refractivity contribution in [3.05, 3.63) is 51.9 Å². The summed E-state index contributed by atoms with van der Waals surface area (Å²) in [5.41, 5.74) is 0.952. The average molecular weight is 377 g/mol. The third-order valence-corrected chi connectivity index (χ3v) is 4.75. The Morgan fingerprint density at radius 3 is 2.62 bits per heavy atom. The van der Waals surface area contributed by atoms with Gasteiger partial charge in [-0.2, -0.15) is 9.78 Å². The van der Waals surface area contributed by atoms with Crippen LogP contribution >= 0.6 is 11.6 Å². The lowest BCUT2D eigenvalue weighted by Crippen LogP contribution is -2.45. The van der Waals surface area contributed by atoms with E-state index in [4.69, 9.17) is 16.3 Å². The summed E-state index contributed by atoms with van der Waals surface area (Å²) in [5.74, 6) is 0. The minimum Gasteiger partial charge on any atom is -0.382 e. The maximum Gasteiger partial charge on any atom is 0.292 e. The van der Waals surface area contributed by atoms with Crippen molar-refractivity contribution in [2.45, 2.75) is 32.5 Å². The van der Waals surface area contributed by atoms with Crippen LogP contribution in [-0.4, -0.2) is 53.1 Å². The first-order chi connectivity index (χ1) is 12.5. The van der Waals surface area contributed by atoms with Crippen LogP contribution in [0.25, 0.3) is 5.69 Å². The second-order valence-electron chi connectivity index (χ2n) is 6.72. The van der Waals surface area contributed by atoms with Gasteiger partial charge in [-0.25, -0.2) is 0 Å². The number of anilines is 1. The Kier molecular flexibility index (Phi) is 6.29. The van der Waals surface area contributed by atoms with E-state index in [2.05, 4.69) is 29.2 Å². The molecular weight excluding hydrogens is 352 g/mol. The summed E-state index contributed by atoms with van der Waals surface area (Å²) in [6, 6.07) is 9.25. The molecule has 6 nitrogen and oxygen atoms in total. The van der Waals surface area contributed by atoms with Crippen LogP contribution in [0.4, 0.5) is 5.69 Å². The predicted molar refractivity (Wildman–Crippen MR) is 104 cm³/mol. The van der Waals surface area contributed by atoms with Crippen LogP contribution in [0.2, 0.25) is 5.02 Å². The van der Waals surface area contributed by atoms with E-state index in [9.17, 15) is 4.79 Å². The zero-order chi connectivity index (χ0) is 18.5. The van der Waals surface area contributed by atoms with Crippen LogP contribution in [-0.2, 0) is 4.74 Å². The molecule has 3 rings (SSSR count). The molecular formula is C19H25ClN4O2. The highest BCUT2D eigenvalue weighted by Gasteiger charge is 2.21. The smallest absolute Gasteiger partial charge is 0.292 e. The molecule has 0 bridgehead atoms. The molecule has 0 unspecified atom stereocenters. The number of aromatic nitrogens is 2. The fourth-order valence-corrected chi connectivity index (χ4v) is 3.50. The molecule has 0 aliphatic carbocycles. The first-order valence-electron chi connectivity index (χ1n) is 8.99. The molecule has 26 heavy (non-hydrogen) atoms. The maximum atomic E-state index is 12.4. The van der Waals surface area contributed by atoms with E-state index in [1.165, 1.54) is 4.68 Å². The number of rotatable bonds is 6. The Balaban J connectivity index is 1.56. The summed E-state index contributed by atoms with van der Waals surface area (Å²) in [7, 11) is 0. The second kappa shape index (κ2) is 8.66. The van der Waals surface area contributed by atoms with Crippen molar-refractivity contribution < 1.29 is 4.74 Å². The molecule has 1 saturated heterocycles. The number of morpholine rings is 1. The van der Waals surface area contributed by atoms with Gasteiger partial charge in [0.1, 0.15) is 5.02 Å². The summed E-state index contributed by atoms with van der Waals surface area (Å²) in [6.07, 6.45) is 3.11. The molecule has 1 aliphatic rings. The quantitative estimate of drug-likeness (QED) is 0.785. The van der Waals surface area contributed by atoms with Crippen molar-refractivity contribution in [1.29, 1.82) is 0 Å². The number of hydrogen-bond acceptors (Lipinski definition) is 5. The van der Waals surface area contributed by atoms with Gasteiger partial charge in [0.15, 0.2) is 0 Å². The number of halogens is 1. The van der Waals surface area contributed by atoms with Crippen LogP contribution in [0.3, 0.4) is 0 Å². The fourth-order valence-electron chi connectivity index (χ4n) is 3.30. The van der Waals surface area contributed by atoms with Gasteiger partial charge in [-0.15, -0.1) is 0 Å². The van der Waals surface area contributed by atoms with E-state index in [0.717, 1.165) is 32.6 Å². The van der Waals surface area contributed by atoms with Crippen molar-refractivity contribution in [2.75, 3.05) is 31.5 Å². The van der Waals surface area contributed by atoms with Crippen LogP contribution < -0.4 is 10.9 Å². The van der Waals surface area contributed by atoms with Crippen molar-refractivity contribution in [2.24, 2.45) is 0 Å². The van der Waals surface area contributed by atoms with Crippen molar-refractivity contribution in [3.8, 4) is 5.69 Å². The predicted octanol–water partition coefficient (Wildman–Crippen LogP) is 2.80. The van der Waals surface area contributed by atoms with Crippen molar-refractivity contribution in [1.82, 2.24) is 14.7 Å². The monoisotopic (exact) mass is 376 g/mol. The van der Waals surface area contributed by atoms with E-state index in [1.54, 1.807) is 6.20 Å². The molecule has 2 aromatic rings. The first-order valence-corrected chi connectivity index (χ1v) is 9.37. The van der Waals surface area contributed by atoms with Crippen molar-refractivity contribution in [3.63, 3.8) is 0 Å². The largest absolute Gasteiger partial charge is 0.382 e. The van der Waals surface area contributed by atoms with Gasteiger partial charge >= 0.3 is 0 Å². The van der Waals surface area contributed by atoms with Crippen molar-refractivity contribution >= 4 is 17.3 Å². The molecule has 1 fully saturated rings. The molecule has 0 amide bonds. The zero-order valence-electron chi connectivity index (χ0n) is 15.2. The SMILES string of the molecule is C[C@@H]1CN(CCCNc2cnn(-c3ccccc3)c(=O)c2Cl)C[C@@H](C)O1. The number of hydrogen-bond donors (Lipinski definition) is 1. The van der Waals surface area contributed by atoms with Gasteiger partial charge in [0.2, 0.25) is 0 Å². The molecule has 7 heteroatoms. The van der Waals surface area contributed by atoms with E-state index < -0.39 is 0 Å². The zero-order valence-corrected chi connectivity index (χ0v) is 15.9. The minimum atomic E-state index is -0.321. The van der Waals surface area contributed by atoms with E-state index in [0.29, 0.717) is 11.4 Å². The molecule has 0 radical (unpaired) electrons.